The summed E-state index contributed by atoms with van der Waals surface area (Å²) in [6.45, 7) is 3.25. The van der Waals surface area contributed by atoms with E-state index in [1.165, 1.54) is 17.6 Å². The Morgan fingerprint density at radius 3 is 2.50 bits per heavy atom. The Bertz CT molecular complexity index is 377. The fourth-order valence-corrected chi connectivity index (χ4v) is 1.11. The maximum Gasteiger partial charge on any atom is 0.250 e. The molecule has 0 aliphatic heterocycles. The quantitative estimate of drug-likeness (QED) is 0.580. The van der Waals surface area contributed by atoms with Crippen LogP contribution in [-0.4, -0.2) is 10.4 Å². The summed E-state index contributed by atoms with van der Waals surface area (Å²) in [6, 6.07) is 2.98. The lowest BCUT2D eigenvalue weighted by Gasteiger charge is -2.05. The van der Waals surface area contributed by atoms with Crippen LogP contribution in [0.5, 0.6) is 0 Å². The van der Waals surface area contributed by atoms with E-state index in [0.717, 1.165) is 5.69 Å². The molecule has 0 unspecified atom stereocenters. The molecule has 0 N–H and O–H groups in total. The maximum atomic E-state index is 11.1. The minimum absolute atomic E-state index is 0.0110. The molecule has 0 saturated carbocycles. The van der Waals surface area contributed by atoms with Gasteiger partial charge in [0.25, 0.3) is 0 Å². The number of hydrogen-bond donors (Lipinski definition) is 0. The fourth-order valence-electron chi connectivity index (χ4n) is 1.11. The minimum atomic E-state index is -0.0856. The molecule has 3 nitrogen and oxygen atoms in total. The molecule has 0 aliphatic rings. The van der Waals surface area contributed by atoms with Crippen LogP contribution in [0.1, 0.15) is 23.0 Å². The van der Waals surface area contributed by atoms with Crippen molar-refractivity contribution in [2.75, 3.05) is 0 Å². The van der Waals surface area contributed by atoms with Crippen molar-refractivity contribution in [3.8, 4) is 0 Å². The highest BCUT2D eigenvalue weighted by Crippen LogP contribution is 2.03. The zero-order valence-corrected chi connectivity index (χ0v) is 7.42. The standard InChI is InChI=1S/C9H11NO2/c1-6-8(7(2)11)4-5-9(12)10(6)3/h4-5H,1-3H3. The van der Waals surface area contributed by atoms with Gasteiger partial charge in [-0.2, -0.15) is 0 Å². The van der Waals surface area contributed by atoms with Gasteiger partial charge in [0.1, 0.15) is 0 Å². The molecule has 0 aromatic carbocycles. The molecule has 64 valence electrons. The van der Waals surface area contributed by atoms with Crippen molar-refractivity contribution in [1.29, 1.82) is 0 Å². The van der Waals surface area contributed by atoms with Gasteiger partial charge in [-0.25, -0.2) is 0 Å². The van der Waals surface area contributed by atoms with Gasteiger partial charge in [-0.15, -0.1) is 0 Å². The summed E-state index contributed by atoms with van der Waals surface area (Å²) in [5.41, 5.74) is 1.24. The van der Waals surface area contributed by atoms with Gasteiger partial charge < -0.3 is 4.57 Å². The van der Waals surface area contributed by atoms with Gasteiger partial charge in [0.2, 0.25) is 5.56 Å². The van der Waals surface area contributed by atoms with E-state index in [1.54, 1.807) is 20.0 Å². The van der Waals surface area contributed by atoms with Crippen LogP contribution in [0.3, 0.4) is 0 Å². The summed E-state index contributed by atoms with van der Waals surface area (Å²) < 4.78 is 1.47. The summed E-state index contributed by atoms with van der Waals surface area (Å²) in [4.78, 5) is 22.1. The lowest BCUT2D eigenvalue weighted by molar-refractivity contribution is 0.101. The molecular formula is C9H11NO2. The molecule has 1 aromatic heterocycles. The zero-order chi connectivity index (χ0) is 9.30. The Kier molecular flexibility index (Phi) is 2.13. The third-order valence-corrected chi connectivity index (χ3v) is 2.00. The molecule has 0 fully saturated rings. The molecule has 0 saturated heterocycles. The molecular weight excluding hydrogens is 154 g/mol. The molecule has 0 bridgehead atoms. The third kappa shape index (κ3) is 1.30. The Hall–Kier alpha value is -1.38. The van der Waals surface area contributed by atoms with E-state index in [4.69, 9.17) is 0 Å². The van der Waals surface area contributed by atoms with Crippen LogP contribution in [0.15, 0.2) is 16.9 Å². The lowest BCUT2D eigenvalue weighted by atomic mass is 10.1. The Morgan fingerprint density at radius 1 is 1.42 bits per heavy atom. The van der Waals surface area contributed by atoms with E-state index in [2.05, 4.69) is 0 Å². The first-order valence-electron chi connectivity index (χ1n) is 3.71. The number of nitrogens with zero attached hydrogens (tertiary/aromatic N) is 1. The first kappa shape index (κ1) is 8.71. The summed E-state index contributed by atoms with van der Waals surface area (Å²) in [6.07, 6.45) is 0. The van der Waals surface area contributed by atoms with E-state index in [-0.39, 0.29) is 11.3 Å². The number of Topliss-reactive ketones (excluding diaryl/α,β-unsaturated/α-hetero) is 1. The Balaban J connectivity index is 3.47. The van der Waals surface area contributed by atoms with Crippen LogP contribution >= 0.6 is 0 Å². The molecule has 12 heavy (non-hydrogen) atoms. The predicted molar refractivity (Wildman–Crippen MR) is 46.4 cm³/mol. The first-order valence-corrected chi connectivity index (χ1v) is 3.71. The molecule has 1 rings (SSSR count). The minimum Gasteiger partial charge on any atom is -0.315 e. The molecule has 3 heteroatoms. The van der Waals surface area contributed by atoms with E-state index in [9.17, 15) is 9.59 Å². The van der Waals surface area contributed by atoms with Crippen molar-refractivity contribution in [2.45, 2.75) is 13.8 Å². The van der Waals surface area contributed by atoms with Gasteiger partial charge in [0.15, 0.2) is 5.78 Å². The van der Waals surface area contributed by atoms with E-state index >= 15 is 0 Å². The maximum absolute atomic E-state index is 11.1. The van der Waals surface area contributed by atoms with Crippen LogP contribution in [0.25, 0.3) is 0 Å². The number of carbonyl (C=O) groups excluding carboxylic acids is 1. The highest BCUT2D eigenvalue weighted by molar-refractivity contribution is 5.94. The number of rotatable bonds is 1. The van der Waals surface area contributed by atoms with Crippen molar-refractivity contribution in [3.63, 3.8) is 0 Å². The third-order valence-electron chi connectivity index (χ3n) is 2.00. The summed E-state index contributed by atoms with van der Waals surface area (Å²) in [5, 5.41) is 0. The second kappa shape index (κ2) is 2.93. The zero-order valence-electron chi connectivity index (χ0n) is 7.42. The summed E-state index contributed by atoms with van der Waals surface area (Å²) in [5.74, 6) is -0.0110. The van der Waals surface area contributed by atoms with Gasteiger partial charge in [-0.05, 0) is 19.9 Å². The first-order chi connectivity index (χ1) is 5.54. The number of aromatic nitrogens is 1. The second-order valence-corrected chi connectivity index (χ2v) is 2.79. The van der Waals surface area contributed by atoms with E-state index < -0.39 is 0 Å². The van der Waals surface area contributed by atoms with Crippen molar-refractivity contribution >= 4 is 5.78 Å². The topological polar surface area (TPSA) is 39.1 Å². The smallest absolute Gasteiger partial charge is 0.250 e. The molecule has 1 heterocycles. The van der Waals surface area contributed by atoms with Crippen LogP contribution in [0, 0.1) is 6.92 Å². The highest BCUT2D eigenvalue weighted by Gasteiger charge is 2.05. The SMILES string of the molecule is CC(=O)c1ccc(=O)n(C)c1C. The average molecular weight is 165 g/mol. The number of hydrogen-bond acceptors (Lipinski definition) is 2. The van der Waals surface area contributed by atoms with E-state index in [1.807, 2.05) is 0 Å². The lowest BCUT2D eigenvalue weighted by Crippen LogP contribution is -2.20. The number of ketones is 1. The van der Waals surface area contributed by atoms with E-state index in [0.29, 0.717) is 5.56 Å². The summed E-state index contributed by atoms with van der Waals surface area (Å²) >= 11 is 0. The van der Waals surface area contributed by atoms with Crippen LogP contribution in [-0.2, 0) is 7.05 Å². The second-order valence-electron chi connectivity index (χ2n) is 2.79. The van der Waals surface area contributed by atoms with Gasteiger partial charge in [0, 0.05) is 24.4 Å². The van der Waals surface area contributed by atoms with Crippen molar-refractivity contribution in [3.05, 3.63) is 33.7 Å². The fraction of sp³-hybridized carbons (Fsp3) is 0.333. The molecule has 0 spiro atoms. The monoisotopic (exact) mass is 165 g/mol. The van der Waals surface area contributed by atoms with Gasteiger partial charge >= 0.3 is 0 Å². The Labute approximate surface area is 70.6 Å². The average Bonchev–Trinajstić information content (AvgIpc) is 2.00. The van der Waals surface area contributed by atoms with Crippen molar-refractivity contribution in [1.82, 2.24) is 4.57 Å². The van der Waals surface area contributed by atoms with Crippen molar-refractivity contribution in [2.24, 2.45) is 7.05 Å². The van der Waals surface area contributed by atoms with Crippen LogP contribution in [0.2, 0.25) is 0 Å². The highest BCUT2D eigenvalue weighted by atomic mass is 16.1. The van der Waals surface area contributed by atoms with Gasteiger partial charge in [-0.3, -0.25) is 9.59 Å². The van der Waals surface area contributed by atoms with Gasteiger partial charge in [0.05, 0.1) is 0 Å². The number of carbonyl (C=O) groups is 1. The van der Waals surface area contributed by atoms with Crippen molar-refractivity contribution < 1.29 is 4.79 Å². The largest absolute Gasteiger partial charge is 0.315 e. The van der Waals surface area contributed by atoms with Crippen LogP contribution < -0.4 is 5.56 Å². The molecule has 0 aliphatic carbocycles. The van der Waals surface area contributed by atoms with Crippen LogP contribution in [0.4, 0.5) is 0 Å². The van der Waals surface area contributed by atoms with Gasteiger partial charge in [-0.1, -0.05) is 0 Å². The Morgan fingerprint density at radius 2 is 2.00 bits per heavy atom. The number of pyridine rings is 1. The molecule has 0 amide bonds. The normalized spacial score (nSPS) is 9.92. The summed E-state index contributed by atoms with van der Waals surface area (Å²) in [7, 11) is 1.66. The molecule has 0 atom stereocenters. The molecule has 0 radical (unpaired) electrons. The predicted octanol–water partition coefficient (Wildman–Crippen LogP) is 0.896. The molecule has 1 aromatic rings.